The van der Waals surface area contributed by atoms with Crippen molar-refractivity contribution in [2.24, 2.45) is 0 Å². The monoisotopic (exact) mass is 264 g/mol. The second-order valence-electron chi connectivity index (χ2n) is 6.91. The SMILES string of the molecule is COc1c(C(=O)O)cc(C(C)(C)C)cc1C(C)(C)C. The Labute approximate surface area is 115 Å². The molecule has 0 saturated heterocycles. The third kappa shape index (κ3) is 3.28. The molecular weight excluding hydrogens is 240 g/mol. The number of hydrogen-bond acceptors (Lipinski definition) is 2. The lowest BCUT2D eigenvalue weighted by Gasteiger charge is -2.28. The van der Waals surface area contributed by atoms with E-state index >= 15 is 0 Å². The quantitative estimate of drug-likeness (QED) is 0.878. The Morgan fingerprint density at radius 2 is 1.58 bits per heavy atom. The van der Waals surface area contributed by atoms with E-state index in [-0.39, 0.29) is 16.4 Å². The maximum atomic E-state index is 11.5. The third-order valence-electron chi connectivity index (χ3n) is 3.20. The minimum atomic E-state index is -0.951. The molecule has 19 heavy (non-hydrogen) atoms. The summed E-state index contributed by atoms with van der Waals surface area (Å²) in [7, 11) is 1.52. The lowest BCUT2D eigenvalue weighted by Crippen LogP contribution is -2.19. The number of carbonyl (C=O) groups is 1. The summed E-state index contributed by atoms with van der Waals surface area (Å²) in [5.74, 6) is -0.485. The van der Waals surface area contributed by atoms with Crippen molar-refractivity contribution in [2.45, 2.75) is 52.4 Å². The minimum Gasteiger partial charge on any atom is -0.496 e. The van der Waals surface area contributed by atoms with Crippen LogP contribution in [-0.4, -0.2) is 18.2 Å². The van der Waals surface area contributed by atoms with Crippen LogP contribution in [-0.2, 0) is 10.8 Å². The fraction of sp³-hybridized carbons (Fsp3) is 0.562. The van der Waals surface area contributed by atoms with Crippen LogP contribution in [0, 0.1) is 0 Å². The third-order valence-corrected chi connectivity index (χ3v) is 3.20. The maximum Gasteiger partial charge on any atom is 0.339 e. The van der Waals surface area contributed by atoms with Crippen LogP contribution in [0.5, 0.6) is 5.75 Å². The average molecular weight is 264 g/mol. The molecule has 0 unspecified atom stereocenters. The van der Waals surface area contributed by atoms with E-state index < -0.39 is 5.97 Å². The Balaban J connectivity index is 3.70. The van der Waals surface area contributed by atoms with Gasteiger partial charge in [0, 0.05) is 5.56 Å². The molecule has 0 bridgehead atoms. The maximum absolute atomic E-state index is 11.5. The van der Waals surface area contributed by atoms with Gasteiger partial charge in [-0.3, -0.25) is 0 Å². The molecule has 1 N–H and O–H groups in total. The number of methoxy groups -OCH3 is 1. The van der Waals surface area contributed by atoms with Crippen LogP contribution in [0.4, 0.5) is 0 Å². The van der Waals surface area contributed by atoms with Gasteiger partial charge in [0.25, 0.3) is 0 Å². The summed E-state index contributed by atoms with van der Waals surface area (Å²) < 4.78 is 5.35. The molecule has 0 heterocycles. The predicted molar refractivity (Wildman–Crippen MR) is 77.4 cm³/mol. The summed E-state index contributed by atoms with van der Waals surface area (Å²) in [4.78, 5) is 11.5. The molecule has 1 aromatic carbocycles. The first-order valence-corrected chi connectivity index (χ1v) is 6.44. The highest BCUT2D eigenvalue weighted by atomic mass is 16.5. The topological polar surface area (TPSA) is 46.5 Å². The zero-order valence-corrected chi connectivity index (χ0v) is 12.9. The van der Waals surface area contributed by atoms with Gasteiger partial charge in [0.2, 0.25) is 0 Å². The van der Waals surface area contributed by atoms with Crippen molar-refractivity contribution in [1.82, 2.24) is 0 Å². The van der Waals surface area contributed by atoms with E-state index in [4.69, 9.17) is 4.74 Å². The number of rotatable bonds is 2. The fourth-order valence-corrected chi connectivity index (χ4v) is 2.00. The highest BCUT2D eigenvalue weighted by Gasteiger charge is 2.27. The van der Waals surface area contributed by atoms with Gasteiger partial charge in [0.05, 0.1) is 7.11 Å². The number of carboxylic acids is 1. The molecular formula is C16H24O3. The van der Waals surface area contributed by atoms with Crippen molar-refractivity contribution in [3.05, 3.63) is 28.8 Å². The van der Waals surface area contributed by atoms with E-state index in [9.17, 15) is 9.90 Å². The van der Waals surface area contributed by atoms with Crippen molar-refractivity contribution in [1.29, 1.82) is 0 Å². The van der Waals surface area contributed by atoms with Gasteiger partial charge < -0.3 is 9.84 Å². The molecule has 106 valence electrons. The number of hydrogen-bond donors (Lipinski definition) is 1. The van der Waals surface area contributed by atoms with Gasteiger partial charge in [-0.2, -0.15) is 0 Å². The van der Waals surface area contributed by atoms with Crippen molar-refractivity contribution in [3.63, 3.8) is 0 Å². The van der Waals surface area contributed by atoms with E-state index in [0.717, 1.165) is 11.1 Å². The van der Waals surface area contributed by atoms with Crippen molar-refractivity contribution >= 4 is 5.97 Å². The van der Waals surface area contributed by atoms with Crippen molar-refractivity contribution < 1.29 is 14.6 Å². The average Bonchev–Trinajstić information content (AvgIpc) is 2.24. The van der Waals surface area contributed by atoms with E-state index in [1.165, 1.54) is 7.11 Å². The van der Waals surface area contributed by atoms with Gasteiger partial charge in [-0.1, -0.05) is 47.6 Å². The van der Waals surface area contributed by atoms with Gasteiger partial charge in [0.1, 0.15) is 11.3 Å². The van der Waals surface area contributed by atoms with Crippen LogP contribution < -0.4 is 4.74 Å². The molecule has 3 heteroatoms. The molecule has 3 nitrogen and oxygen atoms in total. The van der Waals surface area contributed by atoms with E-state index in [1.54, 1.807) is 6.07 Å². The predicted octanol–water partition coefficient (Wildman–Crippen LogP) is 3.99. The lowest BCUT2D eigenvalue weighted by molar-refractivity contribution is 0.0693. The summed E-state index contributed by atoms with van der Waals surface area (Å²) >= 11 is 0. The first-order chi connectivity index (χ1) is 8.48. The first-order valence-electron chi connectivity index (χ1n) is 6.44. The molecule has 0 aliphatic heterocycles. The Morgan fingerprint density at radius 1 is 1.05 bits per heavy atom. The largest absolute Gasteiger partial charge is 0.496 e. The highest BCUT2D eigenvalue weighted by Crippen LogP contribution is 2.38. The molecule has 0 radical (unpaired) electrons. The molecule has 0 spiro atoms. The smallest absolute Gasteiger partial charge is 0.339 e. The summed E-state index contributed by atoms with van der Waals surface area (Å²) in [6, 6.07) is 3.78. The van der Waals surface area contributed by atoms with Crippen LogP contribution in [0.2, 0.25) is 0 Å². The number of ether oxygens (including phenoxy) is 1. The van der Waals surface area contributed by atoms with E-state index in [0.29, 0.717) is 5.75 Å². The summed E-state index contributed by atoms with van der Waals surface area (Å²) in [6.45, 7) is 12.4. The number of benzene rings is 1. The normalized spacial score (nSPS) is 12.4. The van der Waals surface area contributed by atoms with Crippen molar-refractivity contribution in [3.8, 4) is 5.75 Å². The molecule has 0 atom stereocenters. The first kappa shape index (κ1) is 15.5. The Morgan fingerprint density at radius 3 is 1.89 bits per heavy atom. The molecule has 0 aliphatic rings. The van der Waals surface area contributed by atoms with E-state index in [1.807, 2.05) is 0 Å². The highest BCUT2D eigenvalue weighted by molar-refractivity contribution is 5.92. The van der Waals surface area contributed by atoms with Gasteiger partial charge in [0.15, 0.2) is 0 Å². The van der Waals surface area contributed by atoms with Gasteiger partial charge >= 0.3 is 5.97 Å². The van der Waals surface area contributed by atoms with Crippen molar-refractivity contribution in [2.75, 3.05) is 7.11 Å². The molecule has 1 rings (SSSR count). The Bertz CT molecular complexity index is 488. The van der Waals surface area contributed by atoms with Crippen LogP contribution in [0.1, 0.15) is 63.0 Å². The molecule has 0 aliphatic carbocycles. The van der Waals surface area contributed by atoms with Gasteiger partial charge in [-0.05, 0) is 22.5 Å². The van der Waals surface area contributed by atoms with Crippen LogP contribution in [0.3, 0.4) is 0 Å². The van der Waals surface area contributed by atoms with Crippen LogP contribution >= 0.6 is 0 Å². The Kier molecular flexibility index (Phi) is 3.99. The van der Waals surface area contributed by atoms with E-state index in [2.05, 4.69) is 47.6 Å². The Hall–Kier alpha value is -1.51. The van der Waals surface area contributed by atoms with Gasteiger partial charge in [-0.15, -0.1) is 0 Å². The van der Waals surface area contributed by atoms with Crippen LogP contribution in [0.25, 0.3) is 0 Å². The number of carboxylic acid groups (broad SMARTS) is 1. The minimum absolute atomic E-state index is 0.101. The number of aromatic carboxylic acids is 1. The van der Waals surface area contributed by atoms with Gasteiger partial charge in [-0.25, -0.2) is 4.79 Å². The molecule has 0 amide bonds. The standard InChI is InChI=1S/C16H24O3/c1-15(2,3)10-8-11(14(17)18)13(19-7)12(9-10)16(4,5)6/h8-9H,1-7H3,(H,17,18). The zero-order chi connectivity index (χ0) is 15.0. The second-order valence-corrected chi connectivity index (χ2v) is 6.91. The fourth-order valence-electron chi connectivity index (χ4n) is 2.00. The second kappa shape index (κ2) is 4.87. The molecule has 0 saturated carbocycles. The molecule has 1 aromatic rings. The zero-order valence-electron chi connectivity index (χ0n) is 12.9. The lowest BCUT2D eigenvalue weighted by atomic mass is 9.79. The summed E-state index contributed by atoms with van der Waals surface area (Å²) in [5.41, 5.74) is 1.91. The molecule has 0 fully saturated rings. The summed E-state index contributed by atoms with van der Waals surface area (Å²) in [5, 5.41) is 9.40. The van der Waals surface area contributed by atoms with Crippen LogP contribution in [0.15, 0.2) is 12.1 Å². The molecule has 0 aromatic heterocycles. The summed E-state index contributed by atoms with van der Waals surface area (Å²) in [6.07, 6.45) is 0.